The predicted octanol–water partition coefficient (Wildman–Crippen LogP) is 5.11. The lowest BCUT2D eigenvalue weighted by Crippen LogP contribution is -2.19. The number of para-hydroxylation sites is 1. The summed E-state index contributed by atoms with van der Waals surface area (Å²) in [5, 5.41) is 5.02. The summed E-state index contributed by atoms with van der Waals surface area (Å²) >= 11 is 0. The third-order valence-electron chi connectivity index (χ3n) is 4.79. The van der Waals surface area contributed by atoms with Gasteiger partial charge in [0.1, 0.15) is 23.7 Å². The summed E-state index contributed by atoms with van der Waals surface area (Å²) in [6, 6.07) is 23.0. The maximum Gasteiger partial charge on any atom is 0.271 e. The van der Waals surface area contributed by atoms with Crippen LogP contribution in [0.3, 0.4) is 0 Å². The van der Waals surface area contributed by atoms with Crippen molar-refractivity contribution in [3.05, 3.63) is 108 Å². The van der Waals surface area contributed by atoms with Gasteiger partial charge in [-0.3, -0.25) is 9.78 Å². The number of hydrazone groups is 1. The molecule has 0 atom stereocenters. The molecule has 31 heavy (non-hydrogen) atoms. The van der Waals surface area contributed by atoms with Gasteiger partial charge >= 0.3 is 0 Å². The highest BCUT2D eigenvalue weighted by Crippen LogP contribution is 2.23. The zero-order chi connectivity index (χ0) is 21.6. The van der Waals surface area contributed by atoms with E-state index in [0.29, 0.717) is 29.2 Å². The number of ether oxygens (including phenoxy) is 1. The number of hydrogen-bond donors (Lipinski definition) is 1. The van der Waals surface area contributed by atoms with E-state index in [9.17, 15) is 9.18 Å². The number of nitrogens with zero attached hydrogens (tertiary/aromatic N) is 2. The Balaban J connectivity index is 1.39. The molecule has 0 radical (unpaired) electrons. The van der Waals surface area contributed by atoms with Gasteiger partial charge in [-0.15, -0.1) is 0 Å². The van der Waals surface area contributed by atoms with Crippen LogP contribution in [0.25, 0.3) is 10.9 Å². The molecule has 3 aromatic carbocycles. The standard InChI is InChI=1S/C25H20FN3O2/c1-17(21-8-2-3-9-22(21)26)28-29-25(30)20-13-11-18(12-14-20)16-31-23-10-4-6-19-7-5-15-27-24(19)23/h2-15H,16H2,1H3,(H,29,30). The third kappa shape index (κ3) is 4.75. The monoisotopic (exact) mass is 413 g/mol. The molecule has 0 aliphatic heterocycles. The Kier molecular flexibility index (Phi) is 5.98. The molecule has 0 saturated heterocycles. The van der Waals surface area contributed by atoms with Crippen molar-refractivity contribution in [2.24, 2.45) is 5.10 Å². The Morgan fingerprint density at radius 1 is 1.00 bits per heavy atom. The maximum absolute atomic E-state index is 13.8. The molecule has 1 aromatic heterocycles. The summed E-state index contributed by atoms with van der Waals surface area (Å²) in [6.07, 6.45) is 1.74. The average Bonchev–Trinajstić information content (AvgIpc) is 2.81. The van der Waals surface area contributed by atoms with Crippen LogP contribution in [0.2, 0.25) is 0 Å². The smallest absolute Gasteiger partial charge is 0.271 e. The molecule has 0 saturated carbocycles. The number of carbonyl (C=O) groups is 1. The molecule has 4 aromatic rings. The largest absolute Gasteiger partial charge is 0.487 e. The first-order valence-corrected chi connectivity index (χ1v) is 9.77. The summed E-state index contributed by atoms with van der Waals surface area (Å²) < 4.78 is 19.7. The lowest BCUT2D eigenvalue weighted by Gasteiger charge is -2.09. The Labute approximate surface area is 179 Å². The van der Waals surface area contributed by atoms with Crippen LogP contribution in [0.4, 0.5) is 4.39 Å². The highest BCUT2D eigenvalue weighted by Gasteiger charge is 2.08. The summed E-state index contributed by atoms with van der Waals surface area (Å²) in [4.78, 5) is 16.7. The summed E-state index contributed by atoms with van der Waals surface area (Å²) in [6.45, 7) is 1.99. The fraction of sp³-hybridized carbons (Fsp3) is 0.0800. The molecule has 6 heteroatoms. The van der Waals surface area contributed by atoms with E-state index in [1.807, 2.05) is 42.5 Å². The van der Waals surface area contributed by atoms with Crippen molar-refractivity contribution in [1.29, 1.82) is 0 Å². The van der Waals surface area contributed by atoms with Crippen LogP contribution in [-0.4, -0.2) is 16.6 Å². The molecule has 0 bridgehead atoms. The Morgan fingerprint density at radius 3 is 2.58 bits per heavy atom. The van der Waals surface area contributed by atoms with Crippen molar-refractivity contribution >= 4 is 22.5 Å². The van der Waals surface area contributed by atoms with Gasteiger partial charge in [0.2, 0.25) is 0 Å². The highest BCUT2D eigenvalue weighted by molar-refractivity contribution is 6.01. The fourth-order valence-electron chi connectivity index (χ4n) is 3.12. The van der Waals surface area contributed by atoms with Gasteiger partial charge in [0.25, 0.3) is 5.91 Å². The molecule has 1 N–H and O–H groups in total. The number of nitrogens with one attached hydrogen (secondary N) is 1. The number of rotatable bonds is 6. The third-order valence-corrected chi connectivity index (χ3v) is 4.79. The van der Waals surface area contributed by atoms with E-state index >= 15 is 0 Å². The first-order chi connectivity index (χ1) is 15.1. The van der Waals surface area contributed by atoms with Crippen molar-refractivity contribution in [3.8, 4) is 5.75 Å². The van der Waals surface area contributed by atoms with Gasteiger partial charge in [-0.25, -0.2) is 9.82 Å². The number of aromatic nitrogens is 1. The van der Waals surface area contributed by atoms with Crippen molar-refractivity contribution in [3.63, 3.8) is 0 Å². The first-order valence-electron chi connectivity index (χ1n) is 9.77. The number of halogens is 1. The van der Waals surface area contributed by atoms with E-state index in [0.717, 1.165) is 16.5 Å². The average molecular weight is 413 g/mol. The SMILES string of the molecule is CC(=NNC(=O)c1ccc(COc2cccc3cccnc23)cc1)c1ccccc1F. The van der Waals surface area contributed by atoms with Crippen LogP contribution >= 0.6 is 0 Å². The second-order valence-corrected chi connectivity index (χ2v) is 6.93. The van der Waals surface area contributed by atoms with Gasteiger partial charge in [0.15, 0.2) is 0 Å². The minimum Gasteiger partial charge on any atom is -0.487 e. The Bertz CT molecular complexity index is 1250. The van der Waals surface area contributed by atoms with Crippen LogP contribution in [0, 0.1) is 5.82 Å². The normalized spacial score (nSPS) is 11.4. The molecular weight excluding hydrogens is 393 g/mol. The second-order valence-electron chi connectivity index (χ2n) is 6.93. The Morgan fingerprint density at radius 2 is 1.77 bits per heavy atom. The van der Waals surface area contributed by atoms with Crippen molar-refractivity contribution in [2.45, 2.75) is 13.5 Å². The molecule has 0 fully saturated rings. The summed E-state index contributed by atoms with van der Waals surface area (Å²) in [5.41, 5.74) is 5.37. The minimum atomic E-state index is -0.385. The van der Waals surface area contributed by atoms with Crippen molar-refractivity contribution in [1.82, 2.24) is 10.4 Å². The number of amides is 1. The molecule has 1 amide bonds. The van der Waals surface area contributed by atoms with Crippen LogP contribution in [0.5, 0.6) is 5.75 Å². The first kappa shape index (κ1) is 20.2. The van der Waals surface area contributed by atoms with E-state index in [1.165, 1.54) is 6.07 Å². The molecule has 154 valence electrons. The van der Waals surface area contributed by atoms with E-state index < -0.39 is 0 Å². The molecule has 1 heterocycles. The van der Waals surface area contributed by atoms with Crippen molar-refractivity contribution in [2.75, 3.05) is 0 Å². The number of pyridine rings is 1. The van der Waals surface area contributed by atoms with Crippen LogP contribution in [0.15, 0.2) is 90.2 Å². The van der Waals surface area contributed by atoms with Gasteiger partial charge < -0.3 is 4.74 Å². The zero-order valence-electron chi connectivity index (χ0n) is 16.9. The number of hydrogen-bond acceptors (Lipinski definition) is 4. The van der Waals surface area contributed by atoms with Crippen molar-refractivity contribution < 1.29 is 13.9 Å². The van der Waals surface area contributed by atoms with Gasteiger partial charge in [-0.2, -0.15) is 5.10 Å². The van der Waals surface area contributed by atoms with E-state index in [2.05, 4.69) is 15.5 Å². The molecule has 4 rings (SSSR count). The van der Waals surface area contributed by atoms with Crippen LogP contribution in [0.1, 0.15) is 28.4 Å². The molecule has 0 unspecified atom stereocenters. The Hall–Kier alpha value is -4.06. The quantitative estimate of drug-likeness (QED) is 0.353. The summed E-state index contributed by atoms with van der Waals surface area (Å²) in [5.74, 6) is -0.0527. The maximum atomic E-state index is 13.8. The van der Waals surface area contributed by atoms with Gasteiger partial charge in [-0.1, -0.05) is 48.5 Å². The van der Waals surface area contributed by atoms with Gasteiger partial charge in [0.05, 0.1) is 5.71 Å². The van der Waals surface area contributed by atoms with E-state index in [4.69, 9.17) is 4.74 Å². The minimum absolute atomic E-state index is 0.346. The van der Waals surface area contributed by atoms with Gasteiger partial charge in [0, 0.05) is 22.7 Å². The molecule has 0 aliphatic carbocycles. The summed E-state index contributed by atoms with van der Waals surface area (Å²) in [7, 11) is 0. The highest BCUT2D eigenvalue weighted by atomic mass is 19.1. The number of benzene rings is 3. The number of fused-ring (bicyclic) bond motifs is 1. The molecule has 0 aliphatic rings. The number of carbonyl (C=O) groups excluding carboxylic acids is 1. The van der Waals surface area contributed by atoms with Gasteiger partial charge in [-0.05, 0) is 42.8 Å². The molecule has 0 spiro atoms. The lowest BCUT2D eigenvalue weighted by atomic mass is 10.1. The zero-order valence-corrected chi connectivity index (χ0v) is 16.9. The second kappa shape index (κ2) is 9.17. The predicted molar refractivity (Wildman–Crippen MR) is 119 cm³/mol. The van der Waals surface area contributed by atoms with E-state index in [-0.39, 0.29) is 11.7 Å². The van der Waals surface area contributed by atoms with Crippen LogP contribution in [-0.2, 0) is 6.61 Å². The topological polar surface area (TPSA) is 63.6 Å². The lowest BCUT2D eigenvalue weighted by molar-refractivity contribution is 0.0954. The molecular formula is C25H20FN3O2. The molecule has 5 nitrogen and oxygen atoms in total. The van der Waals surface area contributed by atoms with Crippen LogP contribution < -0.4 is 10.2 Å². The fourth-order valence-corrected chi connectivity index (χ4v) is 3.12. The van der Waals surface area contributed by atoms with E-state index in [1.54, 1.807) is 43.5 Å².